The number of carbonyl (C=O) groups is 2. The average molecular weight is 353 g/mol. The van der Waals surface area contributed by atoms with Gasteiger partial charge in [0.1, 0.15) is 5.57 Å². The fourth-order valence-electron chi connectivity index (χ4n) is 2.77. The second kappa shape index (κ2) is 6.29. The lowest BCUT2D eigenvalue weighted by Gasteiger charge is -2.29. The van der Waals surface area contributed by atoms with Crippen LogP contribution in [-0.4, -0.2) is 21.5 Å². The molecule has 0 radical (unpaired) electrons. The molecule has 0 atom stereocenters. The Morgan fingerprint density at radius 2 is 1.72 bits per heavy atom. The Kier molecular flexibility index (Phi) is 4.30. The number of carbonyl (C=O) groups excluding carboxylic acids is 2. The zero-order chi connectivity index (χ0) is 18.3. The molecule has 5 nitrogen and oxygen atoms in total. The van der Waals surface area contributed by atoms with E-state index in [2.05, 4.69) is 5.32 Å². The van der Waals surface area contributed by atoms with E-state index < -0.39 is 11.8 Å². The number of anilines is 1. The lowest BCUT2D eigenvalue weighted by molar-refractivity contribution is -0.122. The highest BCUT2D eigenvalue weighted by Crippen LogP contribution is 2.24. The molecule has 0 unspecified atom stereocenters. The SMILES string of the molecule is Cc1ccc(N2C(=O)/C(=C\c3cc(C)n(C)c3C)C(=O)NC2=S)cc1. The summed E-state index contributed by atoms with van der Waals surface area (Å²) in [4.78, 5) is 26.6. The number of hydrogen-bond acceptors (Lipinski definition) is 3. The molecule has 1 N–H and O–H groups in total. The summed E-state index contributed by atoms with van der Waals surface area (Å²) in [6, 6.07) is 9.37. The van der Waals surface area contributed by atoms with Gasteiger partial charge in [-0.25, -0.2) is 0 Å². The van der Waals surface area contributed by atoms with Gasteiger partial charge >= 0.3 is 0 Å². The van der Waals surface area contributed by atoms with Crippen molar-refractivity contribution in [3.05, 3.63) is 58.4 Å². The van der Waals surface area contributed by atoms with Crippen LogP contribution in [0.15, 0.2) is 35.9 Å². The molecule has 0 saturated carbocycles. The van der Waals surface area contributed by atoms with Gasteiger partial charge in [0.2, 0.25) is 0 Å². The topological polar surface area (TPSA) is 54.3 Å². The van der Waals surface area contributed by atoms with Gasteiger partial charge in [0, 0.05) is 18.4 Å². The third kappa shape index (κ3) is 3.00. The first-order valence-electron chi connectivity index (χ1n) is 7.90. The third-order valence-electron chi connectivity index (χ3n) is 4.51. The first kappa shape index (κ1) is 17.1. The number of aromatic nitrogens is 1. The molecule has 1 saturated heterocycles. The predicted octanol–water partition coefficient (Wildman–Crippen LogP) is 2.78. The van der Waals surface area contributed by atoms with E-state index in [0.717, 1.165) is 22.5 Å². The Morgan fingerprint density at radius 1 is 1.08 bits per heavy atom. The first-order valence-corrected chi connectivity index (χ1v) is 8.31. The lowest BCUT2D eigenvalue weighted by atomic mass is 10.1. The second-order valence-corrected chi connectivity index (χ2v) is 6.57. The number of hydrogen-bond donors (Lipinski definition) is 1. The van der Waals surface area contributed by atoms with Crippen LogP contribution in [0.2, 0.25) is 0 Å². The molecule has 25 heavy (non-hydrogen) atoms. The highest BCUT2D eigenvalue weighted by Gasteiger charge is 2.34. The molecule has 0 aliphatic carbocycles. The normalized spacial score (nSPS) is 16.6. The van der Waals surface area contributed by atoms with E-state index in [1.54, 1.807) is 6.08 Å². The highest BCUT2D eigenvalue weighted by molar-refractivity contribution is 7.80. The van der Waals surface area contributed by atoms with Crippen molar-refractivity contribution in [2.24, 2.45) is 7.05 Å². The van der Waals surface area contributed by atoms with Crippen molar-refractivity contribution in [2.75, 3.05) is 4.90 Å². The Balaban J connectivity index is 2.05. The van der Waals surface area contributed by atoms with Crippen LogP contribution in [0.3, 0.4) is 0 Å². The predicted molar refractivity (Wildman–Crippen MR) is 102 cm³/mol. The summed E-state index contributed by atoms with van der Waals surface area (Å²) < 4.78 is 2.01. The minimum atomic E-state index is -0.473. The van der Waals surface area contributed by atoms with Gasteiger partial charge in [0.25, 0.3) is 11.8 Å². The quantitative estimate of drug-likeness (QED) is 0.513. The Labute approximate surface area is 151 Å². The number of aryl methyl sites for hydroxylation is 2. The van der Waals surface area contributed by atoms with Crippen LogP contribution < -0.4 is 10.2 Å². The summed E-state index contributed by atoms with van der Waals surface area (Å²) in [5, 5.41) is 2.70. The number of amides is 2. The van der Waals surface area contributed by atoms with E-state index in [1.807, 2.05) is 62.7 Å². The molecule has 128 valence electrons. The van der Waals surface area contributed by atoms with Crippen molar-refractivity contribution in [2.45, 2.75) is 20.8 Å². The largest absolute Gasteiger partial charge is 0.352 e. The fraction of sp³-hybridized carbons (Fsp3) is 0.211. The van der Waals surface area contributed by atoms with Crippen molar-refractivity contribution >= 4 is 40.9 Å². The number of nitrogens with one attached hydrogen (secondary N) is 1. The maximum absolute atomic E-state index is 12.9. The molecule has 2 aromatic rings. The van der Waals surface area contributed by atoms with Gasteiger partial charge in [-0.05, 0) is 62.8 Å². The van der Waals surface area contributed by atoms with E-state index >= 15 is 0 Å². The molecule has 1 aliphatic heterocycles. The van der Waals surface area contributed by atoms with Crippen LogP contribution >= 0.6 is 12.2 Å². The van der Waals surface area contributed by atoms with E-state index in [9.17, 15) is 9.59 Å². The van der Waals surface area contributed by atoms with Crippen molar-refractivity contribution in [1.29, 1.82) is 0 Å². The van der Waals surface area contributed by atoms with Crippen molar-refractivity contribution < 1.29 is 9.59 Å². The summed E-state index contributed by atoms with van der Waals surface area (Å²) in [7, 11) is 1.95. The monoisotopic (exact) mass is 353 g/mol. The van der Waals surface area contributed by atoms with Crippen molar-refractivity contribution in [1.82, 2.24) is 9.88 Å². The molecule has 1 aromatic carbocycles. The average Bonchev–Trinajstić information content (AvgIpc) is 2.80. The smallest absolute Gasteiger partial charge is 0.270 e. The van der Waals surface area contributed by atoms with Crippen LogP contribution in [0.1, 0.15) is 22.5 Å². The Hall–Kier alpha value is -2.73. The molecule has 1 fully saturated rings. The van der Waals surface area contributed by atoms with E-state index in [-0.39, 0.29) is 10.7 Å². The van der Waals surface area contributed by atoms with Gasteiger partial charge in [-0.3, -0.25) is 19.8 Å². The van der Waals surface area contributed by atoms with Gasteiger partial charge in [-0.1, -0.05) is 17.7 Å². The maximum atomic E-state index is 12.9. The summed E-state index contributed by atoms with van der Waals surface area (Å²) in [6.07, 6.45) is 1.63. The maximum Gasteiger partial charge on any atom is 0.270 e. The number of benzene rings is 1. The van der Waals surface area contributed by atoms with E-state index in [0.29, 0.717) is 5.69 Å². The standard InChI is InChI=1S/C19H19N3O2S/c1-11-5-7-15(8-6-11)22-18(24)16(17(23)20-19(22)25)10-14-9-12(2)21(4)13(14)3/h5-10H,1-4H3,(H,20,23,25)/b16-10-. The van der Waals surface area contributed by atoms with Crippen LogP contribution in [0.4, 0.5) is 5.69 Å². The number of thiocarbonyl (C=S) groups is 1. The van der Waals surface area contributed by atoms with Gasteiger partial charge in [0.05, 0.1) is 5.69 Å². The minimum Gasteiger partial charge on any atom is -0.352 e. The van der Waals surface area contributed by atoms with Crippen LogP contribution in [0, 0.1) is 20.8 Å². The van der Waals surface area contributed by atoms with E-state index in [1.165, 1.54) is 4.90 Å². The summed E-state index contributed by atoms with van der Waals surface area (Å²) >= 11 is 5.21. The van der Waals surface area contributed by atoms with Crippen molar-refractivity contribution in [3.8, 4) is 0 Å². The molecule has 3 rings (SSSR count). The molecule has 0 spiro atoms. The third-order valence-corrected chi connectivity index (χ3v) is 4.79. The van der Waals surface area contributed by atoms with E-state index in [4.69, 9.17) is 12.2 Å². The molecule has 2 amide bonds. The van der Waals surface area contributed by atoms with Crippen LogP contribution in [-0.2, 0) is 16.6 Å². The zero-order valence-corrected chi connectivity index (χ0v) is 15.4. The lowest BCUT2D eigenvalue weighted by Crippen LogP contribution is -2.54. The minimum absolute atomic E-state index is 0.0721. The Bertz CT molecular complexity index is 923. The van der Waals surface area contributed by atoms with Crippen LogP contribution in [0.25, 0.3) is 6.08 Å². The summed E-state index contributed by atoms with van der Waals surface area (Å²) in [6.45, 7) is 5.90. The molecular weight excluding hydrogens is 334 g/mol. The number of rotatable bonds is 2. The number of nitrogens with zero attached hydrogens (tertiary/aromatic N) is 2. The van der Waals surface area contributed by atoms with Gasteiger partial charge < -0.3 is 4.57 Å². The van der Waals surface area contributed by atoms with Gasteiger partial charge in [0.15, 0.2) is 5.11 Å². The zero-order valence-electron chi connectivity index (χ0n) is 14.6. The summed E-state index contributed by atoms with van der Waals surface area (Å²) in [5.41, 5.74) is 4.67. The molecule has 0 bridgehead atoms. The van der Waals surface area contributed by atoms with Crippen LogP contribution in [0.5, 0.6) is 0 Å². The second-order valence-electron chi connectivity index (χ2n) is 6.18. The molecule has 2 heterocycles. The first-order chi connectivity index (χ1) is 11.8. The molecular formula is C19H19N3O2S. The molecule has 6 heteroatoms. The van der Waals surface area contributed by atoms with Gasteiger partial charge in [-0.2, -0.15) is 0 Å². The molecule has 1 aliphatic rings. The molecule has 1 aromatic heterocycles. The van der Waals surface area contributed by atoms with Gasteiger partial charge in [-0.15, -0.1) is 0 Å². The fourth-order valence-corrected chi connectivity index (χ4v) is 3.05. The Morgan fingerprint density at radius 3 is 2.28 bits per heavy atom. The summed E-state index contributed by atoms with van der Waals surface area (Å²) in [5.74, 6) is -0.891. The van der Waals surface area contributed by atoms with Crippen molar-refractivity contribution in [3.63, 3.8) is 0 Å². The highest BCUT2D eigenvalue weighted by atomic mass is 32.1.